The van der Waals surface area contributed by atoms with E-state index in [2.05, 4.69) is 30.2 Å². The van der Waals surface area contributed by atoms with Crippen molar-refractivity contribution in [3.05, 3.63) is 84.9 Å². The molecule has 3 aromatic heterocycles. The molecule has 0 aliphatic carbocycles. The van der Waals surface area contributed by atoms with Crippen LogP contribution in [0.5, 0.6) is 0 Å². The Morgan fingerprint density at radius 2 is 1.57 bits per heavy atom. The maximum absolute atomic E-state index is 10.3. The molecule has 4 aromatic rings. The molecule has 8 heteroatoms. The highest BCUT2D eigenvalue weighted by molar-refractivity contribution is 5.61. The normalized spacial score (nSPS) is 11.7. The van der Waals surface area contributed by atoms with E-state index in [1.807, 2.05) is 60.5 Å². The predicted octanol–water partition coefficient (Wildman–Crippen LogP) is 3.24. The predicted molar refractivity (Wildman–Crippen MR) is 115 cm³/mol. The summed E-state index contributed by atoms with van der Waals surface area (Å²) in [5, 5.41) is 13.3. The molecule has 0 bridgehead atoms. The number of hydrogen-bond acceptors (Lipinski definition) is 8. The third kappa shape index (κ3) is 4.56. The van der Waals surface area contributed by atoms with Crippen molar-refractivity contribution in [1.82, 2.24) is 24.9 Å². The van der Waals surface area contributed by atoms with Crippen LogP contribution in [0.4, 0.5) is 17.6 Å². The number of aromatic nitrogens is 5. The van der Waals surface area contributed by atoms with Crippen LogP contribution in [-0.4, -0.2) is 43.6 Å². The first-order valence-electron chi connectivity index (χ1n) is 9.49. The van der Waals surface area contributed by atoms with Crippen LogP contribution < -0.4 is 10.2 Å². The lowest BCUT2D eigenvalue weighted by molar-refractivity contribution is 0.186. The molecule has 0 saturated carbocycles. The molecular formula is C22H21N7O. The van der Waals surface area contributed by atoms with Gasteiger partial charge in [0.1, 0.15) is 17.7 Å². The first kappa shape index (κ1) is 19.4. The first-order valence-corrected chi connectivity index (χ1v) is 9.49. The molecule has 4 rings (SSSR count). The Kier molecular flexibility index (Phi) is 5.86. The van der Waals surface area contributed by atoms with Crippen LogP contribution in [0.15, 0.2) is 79.3 Å². The molecule has 0 amide bonds. The molecule has 2 N–H and O–H groups in total. The van der Waals surface area contributed by atoms with E-state index < -0.39 is 6.10 Å². The Balaban J connectivity index is 1.48. The molecule has 0 aliphatic rings. The van der Waals surface area contributed by atoms with Gasteiger partial charge in [-0.05, 0) is 24.3 Å². The minimum Gasteiger partial charge on any atom is -0.385 e. The van der Waals surface area contributed by atoms with Crippen LogP contribution >= 0.6 is 0 Å². The van der Waals surface area contributed by atoms with Crippen LogP contribution in [0.2, 0.25) is 0 Å². The van der Waals surface area contributed by atoms with Crippen molar-refractivity contribution >= 4 is 17.6 Å². The zero-order valence-electron chi connectivity index (χ0n) is 16.4. The SMILES string of the molecule is CN(c1ccnc(NC[C@H](O)c2ccccn2)n1)c1ccnc(-c2ccccc2)n1. The lowest BCUT2D eigenvalue weighted by Crippen LogP contribution is -2.17. The second kappa shape index (κ2) is 9.06. The van der Waals surface area contributed by atoms with Crippen molar-refractivity contribution in [2.45, 2.75) is 6.10 Å². The maximum Gasteiger partial charge on any atom is 0.224 e. The number of aliphatic hydroxyl groups excluding tert-OH is 1. The van der Waals surface area contributed by atoms with Gasteiger partial charge in [-0.2, -0.15) is 4.98 Å². The molecule has 0 fully saturated rings. The second-order valence-electron chi connectivity index (χ2n) is 6.55. The van der Waals surface area contributed by atoms with Gasteiger partial charge in [0.25, 0.3) is 0 Å². The number of nitrogens with zero attached hydrogens (tertiary/aromatic N) is 6. The van der Waals surface area contributed by atoms with E-state index in [9.17, 15) is 5.11 Å². The fraction of sp³-hybridized carbons (Fsp3) is 0.136. The van der Waals surface area contributed by atoms with Crippen molar-refractivity contribution in [3.63, 3.8) is 0 Å². The highest BCUT2D eigenvalue weighted by Gasteiger charge is 2.12. The lowest BCUT2D eigenvalue weighted by Gasteiger charge is -2.18. The highest BCUT2D eigenvalue weighted by Crippen LogP contribution is 2.23. The molecule has 0 spiro atoms. The molecule has 3 heterocycles. The van der Waals surface area contributed by atoms with Gasteiger partial charge < -0.3 is 15.3 Å². The van der Waals surface area contributed by atoms with Gasteiger partial charge in [0.05, 0.1) is 5.69 Å². The van der Waals surface area contributed by atoms with Crippen LogP contribution in [0.25, 0.3) is 11.4 Å². The number of pyridine rings is 1. The third-order valence-corrected chi connectivity index (χ3v) is 4.48. The topological polar surface area (TPSA) is 100.0 Å². The Morgan fingerprint density at radius 1 is 0.833 bits per heavy atom. The summed E-state index contributed by atoms with van der Waals surface area (Å²) < 4.78 is 0. The molecule has 150 valence electrons. The number of benzene rings is 1. The van der Waals surface area contributed by atoms with Crippen molar-refractivity contribution in [1.29, 1.82) is 0 Å². The minimum absolute atomic E-state index is 0.246. The largest absolute Gasteiger partial charge is 0.385 e. The summed E-state index contributed by atoms with van der Waals surface area (Å²) in [6, 6.07) is 18.9. The maximum atomic E-state index is 10.3. The van der Waals surface area contributed by atoms with Gasteiger partial charge in [-0.3, -0.25) is 4.98 Å². The lowest BCUT2D eigenvalue weighted by atomic mass is 10.2. The van der Waals surface area contributed by atoms with E-state index in [1.54, 1.807) is 30.7 Å². The smallest absolute Gasteiger partial charge is 0.224 e. The van der Waals surface area contributed by atoms with Gasteiger partial charge in [0, 0.05) is 37.7 Å². The molecule has 1 atom stereocenters. The number of rotatable bonds is 7. The van der Waals surface area contributed by atoms with Gasteiger partial charge in [-0.1, -0.05) is 36.4 Å². The van der Waals surface area contributed by atoms with Gasteiger partial charge in [0.15, 0.2) is 5.82 Å². The van der Waals surface area contributed by atoms with E-state index >= 15 is 0 Å². The van der Waals surface area contributed by atoms with E-state index in [0.29, 0.717) is 29.1 Å². The number of hydrogen-bond donors (Lipinski definition) is 2. The molecule has 1 aromatic carbocycles. The number of aliphatic hydroxyl groups is 1. The molecular weight excluding hydrogens is 378 g/mol. The second-order valence-corrected chi connectivity index (χ2v) is 6.55. The standard InChI is InChI=1S/C22H21N7O/c1-29(19-10-13-24-21(27-19)16-7-3-2-4-8-16)20-11-14-25-22(28-20)26-15-18(30)17-9-5-6-12-23-17/h2-14,18,30H,15H2,1H3,(H,25,26,28)/t18-/m0/s1. The molecule has 0 radical (unpaired) electrons. The van der Waals surface area contributed by atoms with E-state index in [1.165, 1.54) is 0 Å². The minimum atomic E-state index is -0.758. The summed E-state index contributed by atoms with van der Waals surface area (Å²) in [5.41, 5.74) is 1.54. The summed E-state index contributed by atoms with van der Waals surface area (Å²) in [6.45, 7) is 0.246. The number of anilines is 3. The summed E-state index contributed by atoms with van der Waals surface area (Å²) in [5.74, 6) is 2.43. The summed E-state index contributed by atoms with van der Waals surface area (Å²) in [4.78, 5) is 23.8. The van der Waals surface area contributed by atoms with Gasteiger partial charge >= 0.3 is 0 Å². The highest BCUT2D eigenvalue weighted by atomic mass is 16.3. The summed E-state index contributed by atoms with van der Waals surface area (Å²) in [6.07, 6.45) is 4.28. The fourth-order valence-electron chi connectivity index (χ4n) is 2.87. The Labute approximate surface area is 174 Å². The monoisotopic (exact) mass is 399 g/mol. The fourth-order valence-corrected chi connectivity index (χ4v) is 2.87. The zero-order valence-corrected chi connectivity index (χ0v) is 16.4. The number of nitrogens with one attached hydrogen (secondary N) is 1. The molecule has 0 unspecified atom stereocenters. The van der Waals surface area contributed by atoms with Gasteiger partial charge in [-0.15, -0.1) is 0 Å². The van der Waals surface area contributed by atoms with E-state index in [0.717, 1.165) is 5.56 Å². The van der Waals surface area contributed by atoms with Crippen LogP contribution in [0.1, 0.15) is 11.8 Å². The van der Waals surface area contributed by atoms with Crippen molar-refractivity contribution in [2.75, 3.05) is 23.8 Å². The Hall–Kier alpha value is -3.91. The average Bonchev–Trinajstić information content (AvgIpc) is 2.83. The Morgan fingerprint density at radius 3 is 2.33 bits per heavy atom. The first-order chi connectivity index (χ1) is 14.7. The van der Waals surface area contributed by atoms with Crippen LogP contribution in [0.3, 0.4) is 0 Å². The van der Waals surface area contributed by atoms with Crippen molar-refractivity contribution in [2.24, 2.45) is 0 Å². The average molecular weight is 399 g/mol. The van der Waals surface area contributed by atoms with Crippen LogP contribution in [0, 0.1) is 0 Å². The van der Waals surface area contributed by atoms with Crippen molar-refractivity contribution in [3.8, 4) is 11.4 Å². The van der Waals surface area contributed by atoms with Gasteiger partial charge in [0.2, 0.25) is 5.95 Å². The van der Waals surface area contributed by atoms with Crippen LogP contribution in [-0.2, 0) is 0 Å². The third-order valence-electron chi connectivity index (χ3n) is 4.48. The van der Waals surface area contributed by atoms with E-state index in [4.69, 9.17) is 0 Å². The van der Waals surface area contributed by atoms with Crippen molar-refractivity contribution < 1.29 is 5.11 Å². The quantitative estimate of drug-likeness (QED) is 0.489. The molecule has 0 saturated heterocycles. The molecule has 0 aliphatic heterocycles. The van der Waals surface area contributed by atoms with E-state index in [-0.39, 0.29) is 6.54 Å². The molecule has 30 heavy (non-hydrogen) atoms. The zero-order chi connectivity index (χ0) is 20.8. The summed E-state index contributed by atoms with van der Waals surface area (Å²) in [7, 11) is 1.88. The van der Waals surface area contributed by atoms with Gasteiger partial charge in [-0.25, -0.2) is 15.0 Å². The molecule has 8 nitrogen and oxygen atoms in total. The Bertz CT molecular complexity index is 1090. The summed E-state index contributed by atoms with van der Waals surface area (Å²) >= 11 is 0.